The molecule has 1 aliphatic heterocycles. The van der Waals surface area contributed by atoms with Crippen LogP contribution in [0.15, 0.2) is 18.2 Å². The highest BCUT2D eigenvalue weighted by Crippen LogP contribution is 2.27. The first-order valence-corrected chi connectivity index (χ1v) is 6.19. The third-order valence-corrected chi connectivity index (χ3v) is 3.06. The van der Waals surface area contributed by atoms with E-state index < -0.39 is 0 Å². The second-order valence-electron chi connectivity index (χ2n) is 4.24. The fraction of sp³-hybridized carbons (Fsp3) is 0.615. The molecular formula is C13H20N2O2. The lowest BCUT2D eigenvalue weighted by Crippen LogP contribution is -2.36. The molecule has 1 fully saturated rings. The summed E-state index contributed by atoms with van der Waals surface area (Å²) in [4.78, 5) is 4.43. The molecule has 2 unspecified atom stereocenters. The van der Waals surface area contributed by atoms with Gasteiger partial charge in [0.2, 0.25) is 5.88 Å². The molecule has 0 radical (unpaired) electrons. The Kier molecular flexibility index (Phi) is 4.34. The van der Waals surface area contributed by atoms with Crippen molar-refractivity contribution in [3.8, 4) is 5.88 Å². The molecule has 0 spiro atoms. The Morgan fingerprint density at radius 3 is 3.18 bits per heavy atom. The zero-order chi connectivity index (χ0) is 12.1. The van der Waals surface area contributed by atoms with E-state index in [4.69, 9.17) is 9.47 Å². The predicted octanol–water partition coefficient (Wildman–Crippen LogP) is 1.92. The van der Waals surface area contributed by atoms with E-state index in [1.54, 1.807) is 7.11 Å². The number of pyridine rings is 1. The van der Waals surface area contributed by atoms with Gasteiger partial charge < -0.3 is 14.8 Å². The van der Waals surface area contributed by atoms with Gasteiger partial charge >= 0.3 is 0 Å². The van der Waals surface area contributed by atoms with Crippen LogP contribution in [0.2, 0.25) is 0 Å². The van der Waals surface area contributed by atoms with E-state index in [9.17, 15) is 0 Å². The van der Waals surface area contributed by atoms with E-state index in [1.165, 1.54) is 0 Å². The van der Waals surface area contributed by atoms with Crippen LogP contribution in [0.3, 0.4) is 0 Å². The Balaban J connectivity index is 2.05. The van der Waals surface area contributed by atoms with Gasteiger partial charge in [0.1, 0.15) is 6.10 Å². The first-order valence-electron chi connectivity index (χ1n) is 6.19. The Morgan fingerprint density at radius 2 is 2.41 bits per heavy atom. The molecule has 0 bridgehead atoms. The molecule has 2 atom stereocenters. The molecular weight excluding hydrogens is 216 g/mol. The number of nitrogens with zero attached hydrogens (tertiary/aromatic N) is 1. The van der Waals surface area contributed by atoms with Gasteiger partial charge in [0.15, 0.2) is 0 Å². The first-order chi connectivity index (χ1) is 8.33. The summed E-state index contributed by atoms with van der Waals surface area (Å²) in [6.45, 7) is 3.93. The van der Waals surface area contributed by atoms with Gasteiger partial charge in [-0.05, 0) is 25.5 Å². The monoisotopic (exact) mass is 236 g/mol. The zero-order valence-corrected chi connectivity index (χ0v) is 10.5. The molecule has 94 valence electrons. The van der Waals surface area contributed by atoms with Crippen molar-refractivity contribution in [1.82, 2.24) is 10.3 Å². The van der Waals surface area contributed by atoms with Crippen LogP contribution in [-0.2, 0) is 4.74 Å². The van der Waals surface area contributed by atoms with Gasteiger partial charge in [0, 0.05) is 18.7 Å². The average molecular weight is 236 g/mol. The zero-order valence-electron chi connectivity index (χ0n) is 10.5. The van der Waals surface area contributed by atoms with E-state index in [0.29, 0.717) is 11.9 Å². The molecule has 1 aromatic rings. The molecule has 0 aromatic carbocycles. The van der Waals surface area contributed by atoms with Crippen LogP contribution < -0.4 is 10.1 Å². The van der Waals surface area contributed by atoms with Crippen molar-refractivity contribution in [2.45, 2.75) is 31.9 Å². The molecule has 1 aliphatic rings. The lowest BCUT2D eigenvalue weighted by atomic mass is 10.0. The molecule has 0 aliphatic carbocycles. The van der Waals surface area contributed by atoms with Gasteiger partial charge in [0.25, 0.3) is 0 Å². The molecule has 1 aromatic heterocycles. The fourth-order valence-corrected chi connectivity index (χ4v) is 2.20. The molecule has 0 amide bonds. The predicted molar refractivity (Wildman–Crippen MR) is 66.2 cm³/mol. The molecule has 0 saturated carbocycles. The van der Waals surface area contributed by atoms with E-state index >= 15 is 0 Å². The smallest absolute Gasteiger partial charge is 0.213 e. The maximum absolute atomic E-state index is 5.78. The molecule has 1 saturated heterocycles. The summed E-state index contributed by atoms with van der Waals surface area (Å²) < 4.78 is 10.9. The summed E-state index contributed by atoms with van der Waals surface area (Å²) in [6.07, 6.45) is 2.14. The van der Waals surface area contributed by atoms with Gasteiger partial charge in [-0.2, -0.15) is 0 Å². The highest BCUT2D eigenvalue weighted by atomic mass is 16.5. The SMILES string of the molecule is CCNC1CCOC(c2cccc(OC)n2)C1. The number of rotatable bonds is 4. The van der Waals surface area contributed by atoms with Gasteiger partial charge in [0.05, 0.1) is 12.8 Å². The maximum Gasteiger partial charge on any atom is 0.213 e. The molecule has 1 N–H and O–H groups in total. The van der Waals surface area contributed by atoms with E-state index in [1.807, 2.05) is 18.2 Å². The van der Waals surface area contributed by atoms with Crippen LogP contribution in [0.25, 0.3) is 0 Å². The Hall–Kier alpha value is -1.13. The second-order valence-corrected chi connectivity index (χ2v) is 4.24. The Labute approximate surface area is 102 Å². The minimum absolute atomic E-state index is 0.0860. The first kappa shape index (κ1) is 12.3. The molecule has 4 nitrogen and oxygen atoms in total. The van der Waals surface area contributed by atoms with Crippen molar-refractivity contribution in [3.05, 3.63) is 23.9 Å². The van der Waals surface area contributed by atoms with Crippen molar-refractivity contribution < 1.29 is 9.47 Å². The number of hydrogen-bond donors (Lipinski definition) is 1. The summed E-state index contributed by atoms with van der Waals surface area (Å²) in [6, 6.07) is 6.35. The number of methoxy groups -OCH3 is 1. The van der Waals surface area contributed by atoms with Crippen molar-refractivity contribution >= 4 is 0 Å². The lowest BCUT2D eigenvalue weighted by Gasteiger charge is -2.29. The Bertz CT molecular complexity index is 355. The minimum atomic E-state index is 0.0860. The van der Waals surface area contributed by atoms with Crippen molar-refractivity contribution in [2.24, 2.45) is 0 Å². The van der Waals surface area contributed by atoms with E-state index in [0.717, 1.165) is 31.7 Å². The van der Waals surface area contributed by atoms with Gasteiger partial charge in [-0.3, -0.25) is 0 Å². The Morgan fingerprint density at radius 1 is 1.53 bits per heavy atom. The highest BCUT2D eigenvalue weighted by Gasteiger charge is 2.24. The quantitative estimate of drug-likeness (QED) is 0.867. The lowest BCUT2D eigenvalue weighted by molar-refractivity contribution is -0.00213. The van der Waals surface area contributed by atoms with Crippen LogP contribution in [0.1, 0.15) is 31.6 Å². The summed E-state index contributed by atoms with van der Waals surface area (Å²) in [5.41, 5.74) is 0.965. The third kappa shape index (κ3) is 3.17. The average Bonchev–Trinajstić information content (AvgIpc) is 2.40. The van der Waals surface area contributed by atoms with Crippen LogP contribution in [0.5, 0.6) is 5.88 Å². The van der Waals surface area contributed by atoms with E-state index in [-0.39, 0.29) is 6.10 Å². The number of ether oxygens (including phenoxy) is 2. The molecule has 17 heavy (non-hydrogen) atoms. The summed E-state index contributed by atoms with van der Waals surface area (Å²) >= 11 is 0. The standard InChI is InChI=1S/C13H20N2O2/c1-3-14-10-7-8-17-12(9-10)11-5-4-6-13(15-11)16-2/h4-6,10,12,14H,3,7-9H2,1-2H3. The van der Waals surface area contributed by atoms with Gasteiger partial charge in [-0.1, -0.05) is 13.0 Å². The molecule has 2 heterocycles. The van der Waals surface area contributed by atoms with Crippen molar-refractivity contribution in [3.63, 3.8) is 0 Å². The molecule has 4 heteroatoms. The molecule has 2 rings (SSSR count). The van der Waals surface area contributed by atoms with Crippen LogP contribution >= 0.6 is 0 Å². The topological polar surface area (TPSA) is 43.4 Å². The van der Waals surface area contributed by atoms with E-state index in [2.05, 4.69) is 17.2 Å². The third-order valence-electron chi connectivity index (χ3n) is 3.06. The number of nitrogens with one attached hydrogen (secondary N) is 1. The minimum Gasteiger partial charge on any atom is -0.481 e. The van der Waals surface area contributed by atoms with Gasteiger partial charge in [-0.25, -0.2) is 4.98 Å². The van der Waals surface area contributed by atoms with Crippen molar-refractivity contribution in [2.75, 3.05) is 20.3 Å². The normalized spacial score (nSPS) is 24.6. The van der Waals surface area contributed by atoms with Crippen LogP contribution in [0, 0.1) is 0 Å². The summed E-state index contributed by atoms with van der Waals surface area (Å²) in [5, 5.41) is 3.47. The summed E-state index contributed by atoms with van der Waals surface area (Å²) in [7, 11) is 1.63. The fourth-order valence-electron chi connectivity index (χ4n) is 2.20. The van der Waals surface area contributed by atoms with Crippen LogP contribution in [0.4, 0.5) is 0 Å². The number of hydrogen-bond acceptors (Lipinski definition) is 4. The maximum atomic E-state index is 5.78. The second kappa shape index (κ2) is 5.98. The highest BCUT2D eigenvalue weighted by molar-refractivity contribution is 5.17. The van der Waals surface area contributed by atoms with Crippen molar-refractivity contribution in [1.29, 1.82) is 0 Å². The van der Waals surface area contributed by atoms with Crippen LogP contribution in [-0.4, -0.2) is 31.3 Å². The number of aromatic nitrogens is 1. The largest absolute Gasteiger partial charge is 0.481 e. The summed E-state index contributed by atoms with van der Waals surface area (Å²) in [5.74, 6) is 0.650. The van der Waals surface area contributed by atoms with Gasteiger partial charge in [-0.15, -0.1) is 0 Å².